The van der Waals surface area contributed by atoms with Gasteiger partial charge < -0.3 is 0 Å². The van der Waals surface area contributed by atoms with Gasteiger partial charge in [-0.25, -0.2) is 5.84 Å². The number of nitrogens with one attached hydrogen (secondary N) is 2. The Kier molecular flexibility index (Phi) is 31.1. The van der Waals surface area contributed by atoms with Crippen molar-refractivity contribution in [1.82, 2.24) is 10.9 Å². The molecule has 0 heterocycles. The lowest BCUT2D eigenvalue weighted by Gasteiger charge is -2.01. The molecule has 0 aliphatic heterocycles. The van der Waals surface area contributed by atoms with Gasteiger partial charge in [-0.1, -0.05) is 123 Å². The Labute approximate surface area is 182 Å². The van der Waals surface area contributed by atoms with Crippen molar-refractivity contribution in [2.24, 2.45) is 11.7 Å². The van der Waals surface area contributed by atoms with Crippen LogP contribution >= 0.6 is 0 Å². The molecule has 29 heavy (non-hydrogen) atoms. The van der Waals surface area contributed by atoms with Gasteiger partial charge >= 0.3 is 0 Å². The maximum absolute atomic E-state index is 10.8. The van der Waals surface area contributed by atoms with E-state index in [9.17, 15) is 4.79 Å². The molecule has 0 aliphatic rings. The van der Waals surface area contributed by atoms with Gasteiger partial charge in [0.2, 0.25) is 5.91 Å². The quantitative estimate of drug-likeness (QED) is 0.0770. The molecule has 0 fully saturated rings. The molecule has 0 saturated heterocycles. The van der Waals surface area contributed by atoms with Crippen LogP contribution in [0.1, 0.15) is 142 Å². The molecule has 176 valence electrons. The van der Waals surface area contributed by atoms with Gasteiger partial charge in [0.25, 0.3) is 0 Å². The molecule has 0 rings (SSSR count). The van der Waals surface area contributed by atoms with Crippen molar-refractivity contribution >= 4 is 5.91 Å². The second-order valence-electron chi connectivity index (χ2n) is 8.28. The number of unbranched alkanes of at least 4 members (excludes halogenated alkanes) is 17. The van der Waals surface area contributed by atoms with Crippen molar-refractivity contribution in [2.75, 3.05) is 6.54 Å². The summed E-state index contributed by atoms with van der Waals surface area (Å²) in [5, 5.41) is 0. The summed E-state index contributed by atoms with van der Waals surface area (Å²) in [4.78, 5) is 10.8. The van der Waals surface area contributed by atoms with Crippen LogP contribution in [-0.2, 0) is 4.79 Å². The highest BCUT2D eigenvalue weighted by atomic mass is 16.2. The molecule has 0 bridgehead atoms. The minimum absolute atomic E-state index is 0.0436. The van der Waals surface area contributed by atoms with Crippen LogP contribution in [0.25, 0.3) is 0 Å². The molecule has 6 N–H and O–H groups in total. The number of amides is 1. The van der Waals surface area contributed by atoms with Crippen molar-refractivity contribution in [3.05, 3.63) is 0 Å². The third-order valence-electron chi connectivity index (χ3n) is 5.34. The molecule has 0 atom stereocenters. The second kappa shape index (κ2) is 29.6. The topological polar surface area (TPSA) is 93.2 Å². The predicted octanol–water partition coefficient (Wildman–Crippen LogP) is 6.27. The molecule has 0 spiro atoms. The Morgan fingerprint density at radius 1 is 0.552 bits per heavy atom. The maximum Gasteiger partial charge on any atom is 0.233 e. The third-order valence-corrected chi connectivity index (χ3v) is 5.34. The Balaban J connectivity index is 0. The molecule has 0 saturated carbocycles. The molecular formula is C24H54N4O. The van der Waals surface area contributed by atoms with E-state index in [0.717, 1.165) is 19.4 Å². The summed E-state index contributed by atoms with van der Waals surface area (Å²) in [7, 11) is 0. The van der Waals surface area contributed by atoms with E-state index in [2.05, 4.69) is 24.7 Å². The number of hydrogen-bond acceptors (Lipinski definition) is 4. The number of nitrogens with two attached hydrogens (primary N) is 2. The van der Waals surface area contributed by atoms with Crippen LogP contribution < -0.4 is 22.5 Å². The van der Waals surface area contributed by atoms with Crippen molar-refractivity contribution in [3.63, 3.8) is 0 Å². The van der Waals surface area contributed by atoms with E-state index in [4.69, 9.17) is 11.7 Å². The summed E-state index contributed by atoms with van der Waals surface area (Å²) in [6.07, 6.45) is 25.9. The zero-order chi connectivity index (χ0) is 21.8. The molecule has 0 aromatic carbocycles. The average molecular weight is 415 g/mol. The maximum atomic E-state index is 10.8. The smallest absolute Gasteiger partial charge is 0.233 e. The van der Waals surface area contributed by atoms with Gasteiger partial charge in [0.1, 0.15) is 0 Å². The lowest BCUT2D eigenvalue weighted by molar-refractivity contribution is -0.121. The van der Waals surface area contributed by atoms with Crippen molar-refractivity contribution in [1.29, 1.82) is 0 Å². The summed E-state index contributed by atoms with van der Waals surface area (Å²) in [5.41, 5.74) is 4.84. The molecule has 0 radical (unpaired) electrons. The second-order valence-corrected chi connectivity index (χ2v) is 8.28. The van der Waals surface area contributed by atoms with E-state index in [1.807, 2.05) is 0 Å². The van der Waals surface area contributed by atoms with Gasteiger partial charge in [-0.2, -0.15) is 0 Å². The predicted molar refractivity (Wildman–Crippen MR) is 128 cm³/mol. The number of carbonyl (C=O) groups excluding carboxylic acids is 1. The summed E-state index contributed by atoms with van der Waals surface area (Å²) in [6, 6.07) is 0. The van der Waals surface area contributed by atoms with Gasteiger partial charge in [-0.3, -0.25) is 21.5 Å². The van der Waals surface area contributed by atoms with E-state index >= 15 is 0 Å². The largest absolute Gasteiger partial charge is 0.294 e. The van der Waals surface area contributed by atoms with Gasteiger partial charge in [0.05, 0.1) is 0 Å². The molecule has 0 aromatic rings. The van der Waals surface area contributed by atoms with E-state index in [0.29, 0.717) is 6.42 Å². The SMILES string of the molecule is CCCCCCCCCCCC(=O)NN.CCCCCCCCCCCCNN. The first-order chi connectivity index (χ1) is 14.2. The van der Waals surface area contributed by atoms with Crippen LogP contribution in [0, 0.1) is 0 Å². The Hall–Kier alpha value is -0.650. The standard InChI is InChI=1S/C12H26N2O.C12H28N2/c1-2-3-4-5-6-7-8-9-10-11-12(15)14-13;1-2-3-4-5-6-7-8-9-10-11-12-14-13/h2-11,13H2,1H3,(H,14,15);14H,2-13H2,1H3. The normalized spacial score (nSPS) is 10.5. The van der Waals surface area contributed by atoms with Gasteiger partial charge in [-0.05, 0) is 12.8 Å². The highest BCUT2D eigenvalue weighted by molar-refractivity contribution is 5.74. The van der Waals surface area contributed by atoms with E-state index < -0.39 is 0 Å². The summed E-state index contributed by atoms with van der Waals surface area (Å²) in [6.45, 7) is 5.48. The fourth-order valence-electron chi connectivity index (χ4n) is 3.38. The van der Waals surface area contributed by atoms with Gasteiger partial charge in [-0.15, -0.1) is 0 Å². The summed E-state index contributed by atoms with van der Waals surface area (Å²) in [5.74, 6) is 10.1. The number of hydrazine groups is 2. The lowest BCUT2D eigenvalue weighted by Crippen LogP contribution is -2.29. The first kappa shape index (κ1) is 30.5. The molecule has 5 nitrogen and oxygen atoms in total. The van der Waals surface area contributed by atoms with E-state index in [-0.39, 0.29) is 5.91 Å². The average Bonchev–Trinajstić information content (AvgIpc) is 2.74. The van der Waals surface area contributed by atoms with Crippen LogP contribution in [0.2, 0.25) is 0 Å². The summed E-state index contributed by atoms with van der Waals surface area (Å²) >= 11 is 0. The van der Waals surface area contributed by atoms with E-state index in [1.165, 1.54) is 109 Å². The van der Waals surface area contributed by atoms with Crippen LogP contribution in [0.3, 0.4) is 0 Å². The zero-order valence-corrected chi connectivity index (χ0v) is 19.9. The highest BCUT2D eigenvalue weighted by Gasteiger charge is 1.97. The Morgan fingerprint density at radius 3 is 1.24 bits per heavy atom. The molecule has 0 aliphatic carbocycles. The van der Waals surface area contributed by atoms with Crippen molar-refractivity contribution in [2.45, 2.75) is 142 Å². The Morgan fingerprint density at radius 2 is 0.897 bits per heavy atom. The fraction of sp³-hybridized carbons (Fsp3) is 0.958. The van der Waals surface area contributed by atoms with Crippen molar-refractivity contribution in [3.8, 4) is 0 Å². The molecule has 5 heteroatoms. The van der Waals surface area contributed by atoms with Gasteiger partial charge in [0.15, 0.2) is 0 Å². The fourth-order valence-corrected chi connectivity index (χ4v) is 3.38. The lowest BCUT2D eigenvalue weighted by atomic mass is 10.1. The third kappa shape index (κ3) is 32.2. The van der Waals surface area contributed by atoms with Crippen LogP contribution in [0.4, 0.5) is 0 Å². The highest BCUT2D eigenvalue weighted by Crippen LogP contribution is 2.11. The molecule has 0 aromatic heterocycles. The first-order valence-electron chi connectivity index (χ1n) is 12.7. The number of hydrogen-bond donors (Lipinski definition) is 4. The molecule has 0 unspecified atom stereocenters. The van der Waals surface area contributed by atoms with Crippen LogP contribution in [-0.4, -0.2) is 12.5 Å². The monoisotopic (exact) mass is 414 g/mol. The number of carbonyl (C=O) groups is 1. The Bertz CT molecular complexity index is 289. The molecular weight excluding hydrogens is 360 g/mol. The minimum atomic E-state index is -0.0436. The van der Waals surface area contributed by atoms with Crippen molar-refractivity contribution < 1.29 is 4.79 Å². The number of rotatable bonds is 21. The molecule has 1 amide bonds. The minimum Gasteiger partial charge on any atom is -0.294 e. The zero-order valence-electron chi connectivity index (χ0n) is 19.9. The van der Waals surface area contributed by atoms with E-state index in [1.54, 1.807) is 0 Å². The first-order valence-corrected chi connectivity index (χ1v) is 12.7. The van der Waals surface area contributed by atoms with Crippen LogP contribution in [0.15, 0.2) is 0 Å². The summed E-state index contributed by atoms with van der Waals surface area (Å²) < 4.78 is 0. The van der Waals surface area contributed by atoms with Crippen LogP contribution in [0.5, 0.6) is 0 Å². The van der Waals surface area contributed by atoms with Gasteiger partial charge in [0, 0.05) is 13.0 Å².